The molecule has 41 heavy (non-hydrogen) atoms. The lowest BCUT2D eigenvalue weighted by molar-refractivity contribution is -0.139. The third-order valence-corrected chi connectivity index (χ3v) is 8.50. The maximum Gasteiger partial charge on any atom is 0.279 e. The van der Waals surface area contributed by atoms with Gasteiger partial charge in [-0.1, -0.05) is 55.5 Å². The zero-order valence-corrected chi connectivity index (χ0v) is 22.9. The van der Waals surface area contributed by atoms with E-state index in [1.54, 1.807) is 61.4 Å². The molecule has 1 aromatic heterocycles. The molecule has 0 saturated carbocycles. The Morgan fingerprint density at radius 1 is 1.10 bits per heavy atom. The number of aliphatic hydroxyl groups excluding tert-OH is 1. The zero-order chi connectivity index (χ0) is 28.9. The van der Waals surface area contributed by atoms with Gasteiger partial charge >= 0.3 is 0 Å². The van der Waals surface area contributed by atoms with Crippen LogP contribution in [-0.2, 0) is 28.2 Å². The molecule has 3 aromatic carbocycles. The number of carbonyl (C=O) groups is 2. The number of nitrogens with one attached hydrogen (secondary N) is 1. The van der Waals surface area contributed by atoms with Crippen LogP contribution in [-0.4, -0.2) is 56.4 Å². The summed E-state index contributed by atoms with van der Waals surface area (Å²) in [6.45, 7) is 2.04. The maximum absolute atomic E-state index is 13.4. The number of rotatable bonds is 6. The average molecular weight is 553 g/mol. The van der Waals surface area contributed by atoms with Crippen LogP contribution >= 0.6 is 0 Å². The Hall–Kier alpha value is -4.47. The van der Waals surface area contributed by atoms with Gasteiger partial charge in [-0.05, 0) is 47.9 Å². The first-order valence-corrected chi connectivity index (χ1v) is 13.7. The summed E-state index contributed by atoms with van der Waals surface area (Å²) in [7, 11) is 1.61. The van der Waals surface area contributed by atoms with Gasteiger partial charge in [0.15, 0.2) is 5.60 Å². The number of likely N-dealkylation sites (N-methyl/N-ethyl adjacent to an activating group) is 1. The van der Waals surface area contributed by atoms with Crippen molar-refractivity contribution in [1.29, 1.82) is 0 Å². The van der Waals surface area contributed by atoms with Gasteiger partial charge in [0.2, 0.25) is 5.91 Å². The molecule has 210 valence electrons. The van der Waals surface area contributed by atoms with Crippen LogP contribution in [0.4, 0.5) is 5.69 Å². The minimum absolute atomic E-state index is 0.0699. The molecule has 4 aromatic rings. The van der Waals surface area contributed by atoms with Gasteiger partial charge in [-0.3, -0.25) is 19.5 Å². The van der Waals surface area contributed by atoms with Crippen LogP contribution in [0.5, 0.6) is 0 Å². The largest absolute Gasteiger partial charge is 0.394 e. The lowest BCUT2D eigenvalue weighted by Gasteiger charge is -2.36. The average Bonchev–Trinajstić information content (AvgIpc) is 3.43. The predicted molar refractivity (Wildman–Crippen MR) is 156 cm³/mol. The number of fused-ring (bicyclic) bond motifs is 3. The number of para-hydroxylation sites is 1. The van der Waals surface area contributed by atoms with Gasteiger partial charge in [0.1, 0.15) is 0 Å². The van der Waals surface area contributed by atoms with Crippen LogP contribution in [0.3, 0.4) is 0 Å². The fraction of sp³-hybridized carbons (Fsp3) is 0.281. The molecule has 0 aliphatic carbocycles. The SMILES string of the molecule is C[C@@H](/C=C/CC(=O)N1Cc2ccccc2C[C@H]1CO)[C@]1(O)C(=O)N(C)c2ccc(-n3[nH]c4ccccc4c3=O)cc21. The number of carbonyl (C=O) groups excluding carboxylic acids is 2. The van der Waals surface area contributed by atoms with E-state index in [9.17, 15) is 24.6 Å². The monoisotopic (exact) mass is 552 g/mol. The number of anilines is 1. The van der Waals surface area contributed by atoms with Crippen LogP contribution in [0.1, 0.15) is 30.0 Å². The molecule has 2 amide bonds. The molecule has 2 aliphatic heterocycles. The maximum atomic E-state index is 13.4. The highest BCUT2D eigenvalue weighted by Crippen LogP contribution is 2.45. The third kappa shape index (κ3) is 4.29. The Morgan fingerprint density at radius 3 is 2.59 bits per heavy atom. The molecule has 0 radical (unpaired) electrons. The zero-order valence-electron chi connectivity index (χ0n) is 22.9. The van der Waals surface area contributed by atoms with Crippen LogP contribution in [0, 0.1) is 5.92 Å². The molecular formula is C32H32N4O5. The second kappa shape index (κ2) is 10.2. The van der Waals surface area contributed by atoms with Crippen molar-refractivity contribution in [3.8, 4) is 5.69 Å². The number of H-pyrrole nitrogens is 1. The summed E-state index contributed by atoms with van der Waals surface area (Å²) >= 11 is 0. The molecule has 6 rings (SSSR count). The number of benzene rings is 3. The van der Waals surface area contributed by atoms with E-state index in [-0.39, 0.29) is 30.5 Å². The topological polar surface area (TPSA) is 119 Å². The van der Waals surface area contributed by atoms with Crippen molar-refractivity contribution < 1.29 is 19.8 Å². The fourth-order valence-corrected chi connectivity index (χ4v) is 6.09. The number of aromatic nitrogens is 2. The molecule has 0 fully saturated rings. The standard InChI is InChI=1S/C32H32N4O5/c1-20(8-7-13-29(38)35-18-22-10-4-3-9-21(22)16-24(35)19-37)32(41)26-17-23(14-15-28(26)34(2)31(32)40)36-30(39)25-11-5-6-12-27(25)33-36/h3-12,14-15,17,20,24,33,37,41H,13,16,18-19H2,1-2H3/b8-7+/t20-,24-,32+/m0/s1. The van der Waals surface area contributed by atoms with Crippen molar-refractivity contribution in [2.24, 2.45) is 5.92 Å². The Balaban J connectivity index is 1.25. The van der Waals surface area contributed by atoms with E-state index in [0.29, 0.717) is 40.8 Å². The molecule has 2 aliphatic rings. The van der Waals surface area contributed by atoms with E-state index in [1.165, 1.54) is 9.58 Å². The summed E-state index contributed by atoms with van der Waals surface area (Å²) in [6.07, 6.45) is 4.03. The van der Waals surface area contributed by atoms with Gasteiger partial charge in [0, 0.05) is 31.5 Å². The summed E-state index contributed by atoms with van der Waals surface area (Å²) in [5.74, 6) is -1.29. The van der Waals surface area contributed by atoms with Gasteiger partial charge in [0.05, 0.1) is 34.9 Å². The first-order chi connectivity index (χ1) is 19.7. The van der Waals surface area contributed by atoms with Crippen molar-refractivity contribution >= 4 is 28.4 Å². The summed E-state index contributed by atoms with van der Waals surface area (Å²) in [4.78, 5) is 42.7. The van der Waals surface area contributed by atoms with Gasteiger partial charge in [0.25, 0.3) is 11.5 Å². The van der Waals surface area contributed by atoms with E-state index in [1.807, 2.05) is 36.4 Å². The van der Waals surface area contributed by atoms with Crippen molar-refractivity contribution in [3.05, 3.63) is 106 Å². The number of aromatic amines is 1. The van der Waals surface area contributed by atoms with E-state index >= 15 is 0 Å². The Bertz CT molecular complexity index is 1750. The smallest absolute Gasteiger partial charge is 0.279 e. The predicted octanol–water partition coefficient (Wildman–Crippen LogP) is 3.01. The van der Waals surface area contributed by atoms with Crippen LogP contribution in [0.25, 0.3) is 16.6 Å². The van der Waals surface area contributed by atoms with Gasteiger partial charge in [-0.2, -0.15) is 0 Å². The van der Waals surface area contributed by atoms with Gasteiger partial charge in [-0.15, -0.1) is 0 Å². The Morgan fingerprint density at radius 2 is 1.83 bits per heavy atom. The first kappa shape index (κ1) is 26.7. The molecule has 0 bridgehead atoms. The number of hydrogen-bond donors (Lipinski definition) is 3. The van der Waals surface area contributed by atoms with Gasteiger partial charge in [-0.25, -0.2) is 4.68 Å². The lowest BCUT2D eigenvalue weighted by Crippen LogP contribution is -2.46. The second-order valence-corrected chi connectivity index (χ2v) is 10.9. The molecule has 0 saturated heterocycles. The van der Waals surface area contributed by atoms with Crippen molar-refractivity contribution in [2.45, 2.75) is 38.0 Å². The first-order valence-electron chi connectivity index (χ1n) is 13.7. The molecule has 3 atom stereocenters. The van der Waals surface area contributed by atoms with E-state index in [4.69, 9.17) is 0 Å². The van der Waals surface area contributed by atoms with Crippen LogP contribution in [0.15, 0.2) is 83.7 Å². The van der Waals surface area contributed by atoms with E-state index in [2.05, 4.69) is 5.10 Å². The quantitative estimate of drug-likeness (QED) is 0.318. The van der Waals surface area contributed by atoms with Crippen LogP contribution in [0.2, 0.25) is 0 Å². The highest BCUT2D eigenvalue weighted by Gasteiger charge is 2.51. The van der Waals surface area contributed by atoms with E-state index in [0.717, 1.165) is 11.1 Å². The normalized spacial score (nSPS) is 21.0. The Kier molecular flexibility index (Phi) is 6.63. The highest BCUT2D eigenvalue weighted by molar-refractivity contribution is 6.07. The van der Waals surface area contributed by atoms with Gasteiger partial charge < -0.3 is 20.0 Å². The summed E-state index contributed by atoms with van der Waals surface area (Å²) in [6, 6.07) is 19.9. The molecule has 3 N–H and O–H groups in total. The number of aliphatic hydroxyl groups is 2. The van der Waals surface area contributed by atoms with Crippen molar-refractivity contribution in [1.82, 2.24) is 14.7 Å². The number of amides is 2. The number of hydrogen-bond acceptors (Lipinski definition) is 5. The van der Waals surface area contributed by atoms with Crippen LogP contribution < -0.4 is 10.5 Å². The molecule has 9 nitrogen and oxygen atoms in total. The second-order valence-electron chi connectivity index (χ2n) is 10.9. The third-order valence-electron chi connectivity index (χ3n) is 8.50. The molecule has 0 spiro atoms. The highest BCUT2D eigenvalue weighted by atomic mass is 16.3. The summed E-state index contributed by atoms with van der Waals surface area (Å²) in [5, 5.41) is 25.4. The molecular weight excluding hydrogens is 520 g/mol. The minimum Gasteiger partial charge on any atom is -0.394 e. The molecule has 0 unspecified atom stereocenters. The summed E-state index contributed by atoms with van der Waals surface area (Å²) < 4.78 is 1.40. The Labute approximate surface area is 236 Å². The minimum atomic E-state index is -1.88. The van der Waals surface area contributed by atoms with Crippen molar-refractivity contribution in [2.75, 3.05) is 18.6 Å². The molecule has 9 heteroatoms. The fourth-order valence-electron chi connectivity index (χ4n) is 6.09. The van der Waals surface area contributed by atoms with E-state index < -0.39 is 17.4 Å². The van der Waals surface area contributed by atoms with Crippen molar-refractivity contribution in [3.63, 3.8) is 0 Å². The summed E-state index contributed by atoms with van der Waals surface area (Å²) in [5.41, 5.74) is 2.23. The number of nitrogens with zero attached hydrogens (tertiary/aromatic N) is 3. The molecule has 3 heterocycles. The lowest BCUT2D eigenvalue weighted by atomic mass is 9.82.